The fraction of sp³-hybridized carbons (Fsp3) is 0.211. The Morgan fingerprint density at radius 1 is 1.04 bits per heavy atom. The fourth-order valence-electron chi connectivity index (χ4n) is 2.53. The van der Waals surface area contributed by atoms with Crippen molar-refractivity contribution in [1.29, 1.82) is 0 Å². The van der Waals surface area contributed by atoms with Gasteiger partial charge < -0.3 is 5.32 Å². The third-order valence-electron chi connectivity index (χ3n) is 4.05. The Bertz CT molecular complexity index is 855. The number of benzene rings is 2. The van der Waals surface area contributed by atoms with Crippen molar-refractivity contribution >= 4 is 5.91 Å². The van der Waals surface area contributed by atoms with Crippen LogP contribution in [0.25, 0.3) is 0 Å². The van der Waals surface area contributed by atoms with Crippen molar-refractivity contribution in [2.45, 2.75) is 26.8 Å². The summed E-state index contributed by atoms with van der Waals surface area (Å²) in [6, 6.07) is 15.0. The van der Waals surface area contributed by atoms with Crippen LogP contribution in [0.3, 0.4) is 0 Å². The second-order valence-electron chi connectivity index (χ2n) is 5.90. The maximum absolute atomic E-state index is 12.7. The fourth-order valence-corrected chi connectivity index (χ4v) is 2.53. The number of carbonyl (C=O) groups excluding carboxylic acids is 1. The van der Waals surface area contributed by atoms with Gasteiger partial charge in [-0.3, -0.25) is 9.89 Å². The number of carbonyl (C=O) groups is 1. The first-order chi connectivity index (χ1) is 11.5. The summed E-state index contributed by atoms with van der Waals surface area (Å²) >= 11 is 0. The summed E-state index contributed by atoms with van der Waals surface area (Å²) in [5.74, 6) is 1.12. The maximum Gasteiger partial charge on any atom is 0.252 e. The normalized spacial score (nSPS) is 12.0. The van der Waals surface area contributed by atoms with E-state index in [-0.39, 0.29) is 5.91 Å². The molecule has 0 spiro atoms. The van der Waals surface area contributed by atoms with Gasteiger partial charge in [-0.15, -0.1) is 0 Å². The molecule has 3 rings (SSSR count). The molecule has 24 heavy (non-hydrogen) atoms. The van der Waals surface area contributed by atoms with Crippen LogP contribution < -0.4 is 5.32 Å². The molecule has 5 nitrogen and oxygen atoms in total. The van der Waals surface area contributed by atoms with E-state index in [9.17, 15) is 4.79 Å². The van der Waals surface area contributed by atoms with Crippen LogP contribution in [0.2, 0.25) is 0 Å². The van der Waals surface area contributed by atoms with Crippen LogP contribution in [0, 0.1) is 20.8 Å². The van der Waals surface area contributed by atoms with Gasteiger partial charge >= 0.3 is 0 Å². The Morgan fingerprint density at radius 2 is 1.79 bits per heavy atom. The van der Waals surface area contributed by atoms with Crippen LogP contribution in [0.4, 0.5) is 0 Å². The van der Waals surface area contributed by atoms with E-state index in [1.165, 1.54) is 0 Å². The molecule has 1 heterocycles. The summed E-state index contributed by atoms with van der Waals surface area (Å²) in [4.78, 5) is 17.1. The second-order valence-corrected chi connectivity index (χ2v) is 5.90. The highest BCUT2D eigenvalue weighted by molar-refractivity contribution is 5.94. The van der Waals surface area contributed by atoms with Crippen molar-refractivity contribution in [2.24, 2.45) is 0 Å². The molecule has 5 heteroatoms. The van der Waals surface area contributed by atoms with E-state index >= 15 is 0 Å². The van der Waals surface area contributed by atoms with Crippen LogP contribution in [0.5, 0.6) is 0 Å². The van der Waals surface area contributed by atoms with Gasteiger partial charge in [0.2, 0.25) is 0 Å². The SMILES string of the molecule is Cc1nc([C@H](NC(=O)c2ccc(C)c(C)c2)c2ccccc2)n[nH]1. The zero-order chi connectivity index (χ0) is 17.1. The number of aromatic nitrogens is 3. The minimum Gasteiger partial charge on any atom is -0.338 e. The highest BCUT2D eigenvalue weighted by Crippen LogP contribution is 2.20. The van der Waals surface area contributed by atoms with Gasteiger partial charge in [0.15, 0.2) is 5.82 Å². The third-order valence-corrected chi connectivity index (χ3v) is 4.05. The van der Waals surface area contributed by atoms with Gasteiger partial charge in [0.1, 0.15) is 11.9 Å². The number of H-pyrrole nitrogens is 1. The molecule has 0 unspecified atom stereocenters. The Hall–Kier alpha value is -2.95. The standard InChI is InChI=1S/C19H20N4O/c1-12-9-10-16(11-13(12)2)19(24)21-17(15-7-5-4-6-8-15)18-20-14(3)22-23-18/h4-11,17H,1-3H3,(H,21,24)(H,20,22,23)/t17-/m1/s1. The molecule has 1 aromatic heterocycles. The molecular weight excluding hydrogens is 300 g/mol. The molecule has 0 fully saturated rings. The molecule has 0 bridgehead atoms. The van der Waals surface area contributed by atoms with E-state index in [1.54, 1.807) is 0 Å². The number of aryl methyl sites for hydroxylation is 3. The van der Waals surface area contributed by atoms with E-state index in [4.69, 9.17) is 0 Å². The van der Waals surface area contributed by atoms with Gasteiger partial charge in [-0.2, -0.15) is 5.10 Å². The van der Waals surface area contributed by atoms with Gasteiger partial charge in [0, 0.05) is 5.56 Å². The van der Waals surface area contributed by atoms with E-state index in [0.29, 0.717) is 17.2 Å². The Kier molecular flexibility index (Phi) is 4.42. The van der Waals surface area contributed by atoms with Gasteiger partial charge in [-0.25, -0.2) is 4.98 Å². The monoisotopic (exact) mass is 320 g/mol. The largest absolute Gasteiger partial charge is 0.338 e. The lowest BCUT2D eigenvalue weighted by Crippen LogP contribution is -2.30. The van der Waals surface area contributed by atoms with Gasteiger partial charge in [-0.05, 0) is 49.6 Å². The van der Waals surface area contributed by atoms with Crippen molar-refractivity contribution in [3.05, 3.63) is 82.4 Å². The maximum atomic E-state index is 12.7. The number of aromatic amines is 1. The Balaban J connectivity index is 1.91. The van der Waals surface area contributed by atoms with Crippen molar-refractivity contribution < 1.29 is 4.79 Å². The molecule has 2 N–H and O–H groups in total. The summed E-state index contributed by atoms with van der Waals surface area (Å²) in [6.45, 7) is 5.86. The quantitative estimate of drug-likeness (QED) is 0.775. The molecule has 0 aliphatic carbocycles. The van der Waals surface area contributed by atoms with E-state index in [0.717, 1.165) is 16.7 Å². The molecule has 0 saturated heterocycles. The highest BCUT2D eigenvalue weighted by Gasteiger charge is 2.21. The summed E-state index contributed by atoms with van der Waals surface area (Å²) in [5, 5.41) is 10.1. The molecule has 1 atom stereocenters. The first kappa shape index (κ1) is 15.9. The van der Waals surface area contributed by atoms with E-state index < -0.39 is 6.04 Å². The molecular formula is C19H20N4O. The predicted molar refractivity (Wildman–Crippen MR) is 92.8 cm³/mol. The lowest BCUT2D eigenvalue weighted by atomic mass is 10.0. The van der Waals surface area contributed by atoms with Gasteiger partial charge in [-0.1, -0.05) is 36.4 Å². The minimum absolute atomic E-state index is 0.144. The zero-order valence-corrected chi connectivity index (χ0v) is 14.0. The number of nitrogens with zero attached hydrogens (tertiary/aromatic N) is 2. The molecule has 0 radical (unpaired) electrons. The van der Waals surface area contributed by atoms with Crippen molar-refractivity contribution in [1.82, 2.24) is 20.5 Å². The number of hydrogen-bond acceptors (Lipinski definition) is 3. The molecule has 3 aromatic rings. The summed E-state index contributed by atoms with van der Waals surface area (Å²) < 4.78 is 0. The molecule has 2 aromatic carbocycles. The van der Waals surface area contributed by atoms with Crippen LogP contribution in [-0.2, 0) is 0 Å². The Morgan fingerprint density at radius 3 is 2.42 bits per heavy atom. The number of rotatable bonds is 4. The second kappa shape index (κ2) is 6.66. The molecule has 0 aliphatic rings. The smallest absolute Gasteiger partial charge is 0.252 e. The Labute approximate surface area is 141 Å². The predicted octanol–water partition coefficient (Wildman–Crippen LogP) is 3.25. The molecule has 1 amide bonds. The third kappa shape index (κ3) is 3.35. The van der Waals surface area contributed by atoms with E-state index in [1.807, 2.05) is 69.3 Å². The summed E-state index contributed by atoms with van der Waals surface area (Å²) in [5.41, 5.74) is 3.82. The van der Waals surface area contributed by atoms with Crippen molar-refractivity contribution in [3.63, 3.8) is 0 Å². The minimum atomic E-state index is -0.398. The van der Waals surface area contributed by atoms with E-state index in [2.05, 4.69) is 20.5 Å². The number of amides is 1. The first-order valence-corrected chi connectivity index (χ1v) is 7.86. The number of nitrogens with one attached hydrogen (secondary N) is 2. The highest BCUT2D eigenvalue weighted by atomic mass is 16.1. The zero-order valence-electron chi connectivity index (χ0n) is 14.0. The summed E-state index contributed by atoms with van der Waals surface area (Å²) in [7, 11) is 0. The lowest BCUT2D eigenvalue weighted by molar-refractivity contribution is 0.0941. The average Bonchev–Trinajstić information content (AvgIpc) is 3.02. The first-order valence-electron chi connectivity index (χ1n) is 7.86. The van der Waals surface area contributed by atoms with Crippen LogP contribution in [0.15, 0.2) is 48.5 Å². The van der Waals surface area contributed by atoms with Crippen molar-refractivity contribution in [3.8, 4) is 0 Å². The van der Waals surface area contributed by atoms with Crippen LogP contribution in [0.1, 0.15) is 44.7 Å². The average molecular weight is 320 g/mol. The molecule has 0 saturated carbocycles. The van der Waals surface area contributed by atoms with Gasteiger partial charge in [0.05, 0.1) is 0 Å². The molecule has 122 valence electrons. The van der Waals surface area contributed by atoms with Gasteiger partial charge in [0.25, 0.3) is 5.91 Å². The topological polar surface area (TPSA) is 70.7 Å². The lowest BCUT2D eigenvalue weighted by Gasteiger charge is -2.17. The number of hydrogen-bond donors (Lipinski definition) is 2. The van der Waals surface area contributed by atoms with Crippen LogP contribution >= 0.6 is 0 Å². The van der Waals surface area contributed by atoms with Crippen molar-refractivity contribution in [2.75, 3.05) is 0 Å². The van der Waals surface area contributed by atoms with Crippen LogP contribution in [-0.4, -0.2) is 21.1 Å². The summed E-state index contributed by atoms with van der Waals surface area (Å²) in [6.07, 6.45) is 0. The molecule has 0 aliphatic heterocycles.